The second-order valence-electron chi connectivity index (χ2n) is 8.03. The molecule has 2 atom stereocenters. The summed E-state index contributed by atoms with van der Waals surface area (Å²) in [4.78, 5) is 32.0. The Morgan fingerprint density at radius 2 is 1.94 bits per heavy atom. The van der Waals surface area contributed by atoms with Crippen LogP contribution in [0.5, 0.6) is 0 Å². The molecule has 5 rings (SSSR count). The summed E-state index contributed by atoms with van der Waals surface area (Å²) in [6.07, 6.45) is 1.83. The van der Waals surface area contributed by atoms with Crippen molar-refractivity contribution in [3.05, 3.63) is 93.4 Å². The summed E-state index contributed by atoms with van der Waals surface area (Å²) >= 11 is 12.5. The zero-order valence-electron chi connectivity index (χ0n) is 18.1. The van der Waals surface area contributed by atoms with E-state index in [2.05, 4.69) is 23.2 Å². The molecule has 2 unspecified atom stereocenters. The summed E-state index contributed by atoms with van der Waals surface area (Å²) in [5.74, 6) is -0.522. The molecule has 1 fully saturated rings. The summed E-state index contributed by atoms with van der Waals surface area (Å²) in [7, 11) is 1.83. The van der Waals surface area contributed by atoms with Crippen molar-refractivity contribution in [2.45, 2.75) is 17.9 Å². The van der Waals surface area contributed by atoms with E-state index >= 15 is 0 Å². The van der Waals surface area contributed by atoms with E-state index in [-0.39, 0.29) is 12.2 Å². The number of hydrogen-bond acceptors (Lipinski definition) is 7. The number of thiophene rings is 1. The number of aryl methyl sites for hydroxylation is 1. The normalized spacial score (nSPS) is 20.6. The van der Waals surface area contributed by atoms with Gasteiger partial charge in [0.1, 0.15) is 17.3 Å². The highest BCUT2D eigenvalue weighted by Crippen LogP contribution is 2.48. The molecule has 0 aliphatic carbocycles. The molecule has 1 aliphatic heterocycles. The zero-order chi connectivity index (χ0) is 23.9. The Bertz CT molecular complexity index is 1370. The van der Waals surface area contributed by atoms with Crippen LogP contribution >= 0.6 is 35.8 Å². The third-order valence-corrected chi connectivity index (χ3v) is 7.49. The third-order valence-electron chi connectivity index (χ3n) is 5.93. The Morgan fingerprint density at radius 3 is 2.65 bits per heavy atom. The summed E-state index contributed by atoms with van der Waals surface area (Å²) in [5.41, 5.74) is 0.614. The number of amides is 1. The van der Waals surface area contributed by atoms with Crippen molar-refractivity contribution < 1.29 is 9.59 Å². The molecule has 0 spiro atoms. The molecule has 4 heterocycles. The monoisotopic (exact) mass is 509 g/mol. The number of carbonyl (C=O) groups is 2. The maximum atomic E-state index is 13.7. The number of nitrogens with zero attached hydrogens (tertiary/aromatic N) is 4. The first-order valence-corrected chi connectivity index (χ1v) is 12.2. The summed E-state index contributed by atoms with van der Waals surface area (Å²) < 4.78 is 3.03. The molecule has 172 valence electrons. The highest BCUT2D eigenvalue weighted by atomic mass is 35.5. The molecule has 0 radical (unpaired) electrons. The largest absolute Gasteiger partial charge is 0.323 e. The summed E-state index contributed by atoms with van der Waals surface area (Å²) in [5, 5.41) is 11.7. The van der Waals surface area contributed by atoms with Crippen LogP contribution in [0, 0.1) is 0 Å². The number of carbonyl (C=O) groups excluding carboxylic acids is 2. The van der Waals surface area contributed by atoms with Crippen LogP contribution in [0.25, 0.3) is 0 Å². The fourth-order valence-corrected chi connectivity index (χ4v) is 5.68. The number of benzene rings is 1. The van der Waals surface area contributed by atoms with Gasteiger partial charge in [0, 0.05) is 30.8 Å². The van der Waals surface area contributed by atoms with E-state index in [1.807, 2.05) is 42.2 Å². The number of piperidine rings is 1. The van der Waals surface area contributed by atoms with E-state index in [0.29, 0.717) is 27.9 Å². The van der Waals surface area contributed by atoms with E-state index in [4.69, 9.17) is 16.6 Å². The highest BCUT2D eigenvalue weighted by Gasteiger charge is 2.53. The minimum Gasteiger partial charge on any atom is -0.323 e. The van der Waals surface area contributed by atoms with Crippen LogP contribution < -0.4 is 5.32 Å². The summed E-state index contributed by atoms with van der Waals surface area (Å²) in [6.45, 7) is 0. The van der Waals surface area contributed by atoms with Crippen LogP contribution in [-0.4, -0.2) is 30.8 Å². The minimum atomic E-state index is -1.17. The third kappa shape index (κ3) is 3.79. The highest BCUT2D eigenvalue weighted by molar-refractivity contribution is 7.78. The lowest BCUT2D eigenvalue weighted by Gasteiger charge is -2.45. The first kappa shape index (κ1) is 22.6. The summed E-state index contributed by atoms with van der Waals surface area (Å²) in [6, 6.07) is 16.1. The molecule has 1 aliphatic rings. The predicted octanol–water partition coefficient (Wildman–Crippen LogP) is 4.95. The molecule has 3 aromatic heterocycles. The smallest absolute Gasteiger partial charge is 0.248 e. The fraction of sp³-hybridized carbons (Fsp3) is 0.167. The van der Waals surface area contributed by atoms with E-state index < -0.39 is 17.4 Å². The Hall–Kier alpha value is -3.14. The van der Waals surface area contributed by atoms with Crippen LogP contribution in [0.2, 0.25) is 5.02 Å². The molecular formula is C24H20ClN5O2S2. The van der Waals surface area contributed by atoms with Crippen molar-refractivity contribution in [2.75, 3.05) is 5.32 Å². The van der Waals surface area contributed by atoms with Gasteiger partial charge in [-0.05, 0) is 46.2 Å². The lowest BCUT2D eigenvalue weighted by Crippen LogP contribution is -2.54. The standard InChI is InChI=1S/C24H20ClN5O2S2/c1-29-11-9-21(28-29)27-20-8-4-7-19(26-20)24(15-10-12-34-14-15)13-18(31)22(23(32)30(24)33)16-5-2-3-6-17(16)25/h2-12,14,22,33H,13H2,1H3,(H,26,27,28). The molecule has 0 saturated carbocycles. The van der Waals surface area contributed by atoms with Gasteiger partial charge in [-0.15, -0.1) is 0 Å². The van der Waals surface area contributed by atoms with Gasteiger partial charge < -0.3 is 5.32 Å². The maximum Gasteiger partial charge on any atom is 0.248 e. The Kier molecular flexibility index (Phi) is 5.93. The Morgan fingerprint density at radius 1 is 1.12 bits per heavy atom. The molecule has 1 N–H and O–H groups in total. The van der Waals surface area contributed by atoms with Gasteiger partial charge >= 0.3 is 0 Å². The van der Waals surface area contributed by atoms with Gasteiger partial charge in [-0.2, -0.15) is 16.4 Å². The van der Waals surface area contributed by atoms with E-state index in [0.717, 1.165) is 5.56 Å². The number of anilines is 2. The number of hydrogen-bond donors (Lipinski definition) is 2. The lowest BCUT2D eigenvalue weighted by molar-refractivity contribution is -0.142. The van der Waals surface area contributed by atoms with Crippen LogP contribution in [0.3, 0.4) is 0 Å². The van der Waals surface area contributed by atoms with Crippen LogP contribution in [0.1, 0.15) is 29.2 Å². The van der Waals surface area contributed by atoms with Gasteiger partial charge in [0.05, 0.1) is 5.69 Å². The molecule has 1 amide bonds. The number of Topliss-reactive ketones (excluding diaryl/α,β-unsaturated/α-hetero) is 1. The zero-order valence-corrected chi connectivity index (χ0v) is 20.5. The Labute approximate surface area is 210 Å². The van der Waals surface area contributed by atoms with Crippen molar-refractivity contribution in [3.8, 4) is 0 Å². The SMILES string of the molecule is Cn1ccc(Nc2cccc(C3(c4ccsc4)CC(=O)C(c4ccccc4Cl)C(=O)N3S)n2)n1. The average Bonchev–Trinajstić information content (AvgIpc) is 3.50. The minimum absolute atomic E-state index is 0.00883. The second kappa shape index (κ2) is 8.90. The molecular weight excluding hydrogens is 490 g/mol. The number of aromatic nitrogens is 3. The molecule has 1 saturated heterocycles. The number of thiol groups is 1. The molecule has 1 aromatic carbocycles. The fourth-order valence-electron chi connectivity index (χ4n) is 4.31. The van der Waals surface area contributed by atoms with Crippen molar-refractivity contribution in [1.29, 1.82) is 0 Å². The number of nitrogens with one attached hydrogen (secondary N) is 1. The molecule has 34 heavy (non-hydrogen) atoms. The van der Waals surface area contributed by atoms with Crippen LogP contribution in [0.15, 0.2) is 71.6 Å². The topological polar surface area (TPSA) is 80.1 Å². The Balaban J connectivity index is 1.59. The molecule has 10 heteroatoms. The van der Waals surface area contributed by atoms with Gasteiger partial charge in [-0.3, -0.25) is 18.6 Å². The van der Waals surface area contributed by atoms with E-state index in [1.165, 1.54) is 15.6 Å². The number of ketones is 1. The maximum absolute atomic E-state index is 13.7. The van der Waals surface area contributed by atoms with E-state index in [1.54, 1.807) is 41.1 Å². The quantitative estimate of drug-likeness (QED) is 0.294. The molecule has 4 aromatic rings. The predicted molar refractivity (Wildman–Crippen MR) is 135 cm³/mol. The van der Waals surface area contributed by atoms with E-state index in [9.17, 15) is 9.59 Å². The van der Waals surface area contributed by atoms with Gasteiger partial charge in [-0.25, -0.2) is 4.98 Å². The van der Waals surface area contributed by atoms with Crippen molar-refractivity contribution >= 4 is 59.1 Å². The number of rotatable bonds is 5. The van der Waals surface area contributed by atoms with Gasteiger partial charge in [0.25, 0.3) is 0 Å². The number of halogens is 1. The van der Waals surface area contributed by atoms with Gasteiger partial charge in [-0.1, -0.05) is 48.7 Å². The molecule has 7 nitrogen and oxygen atoms in total. The number of pyridine rings is 1. The van der Waals surface area contributed by atoms with Gasteiger partial charge in [0.15, 0.2) is 11.6 Å². The lowest BCUT2D eigenvalue weighted by atomic mass is 9.75. The average molecular weight is 510 g/mol. The van der Waals surface area contributed by atoms with Gasteiger partial charge in [0.2, 0.25) is 5.91 Å². The van der Waals surface area contributed by atoms with Crippen molar-refractivity contribution in [3.63, 3.8) is 0 Å². The van der Waals surface area contributed by atoms with Crippen LogP contribution in [-0.2, 0) is 22.2 Å². The first-order valence-electron chi connectivity index (χ1n) is 10.5. The van der Waals surface area contributed by atoms with Crippen LogP contribution in [0.4, 0.5) is 11.6 Å². The molecule has 0 bridgehead atoms. The first-order chi connectivity index (χ1) is 16.4. The van der Waals surface area contributed by atoms with Crippen molar-refractivity contribution in [2.24, 2.45) is 7.05 Å². The van der Waals surface area contributed by atoms with Crippen molar-refractivity contribution in [1.82, 2.24) is 19.1 Å². The second-order valence-corrected chi connectivity index (χ2v) is 9.61.